The van der Waals surface area contributed by atoms with Gasteiger partial charge in [0, 0.05) is 13.1 Å². The highest BCUT2D eigenvalue weighted by molar-refractivity contribution is 6.21. The summed E-state index contributed by atoms with van der Waals surface area (Å²) in [4.78, 5) is 37.6. The average molecular weight is 560 g/mol. The van der Waals surface area contributed by atoms with Crippen LogP contribution in [0.4, 0.5) is 9.18 Å². The molecule has 0 saturated heterocycles. The fourth-order valence-electron chi connectivity index (χ4n) is 3.86. The van der Waals surface area contributed by atoms with Crippen molar-refractivity contribution in [1.82, 2.24) is 15.5 Å². The van der Waals surface area contributed by atoms with Crippen molar-refractivity contribution in [3.05, 3.63) is 71.3 Å². The van der Waals surface area contributed by atoms with Crippen LogP contribution in [0.5, 0.6) is 0 Å². The molecule has 3 rings (SSSR count). The third-order valence-electron chi connectivity index (χ3n) is 6.28. The Morgan fingerprint density at radius 3 is 2.12 bits per heavy atom. The van der Waals surface area contributed by atoms with Crippen LogP contribution in [0.25, 0.3) is 0 Å². The Labute approximate surface area is 234 Å². The summed E-state index contributed by atoms with van der Waals surface area (Å²) in [5.41, 5.74) is 0.598. The van der Waals surface area contributed by atoms with Crippen LogP contribution >= 0.6 is 0 Å². The van der Waals surface area contributed by atoms with Crippen molar-refractivity contribution < 1.29 is 37.7 Å². The minimum absolute atomic E-state index is 0.113. The van der Waals surface area contributed by atoms with Gasteiger partial charge in [-0.3, -0.25) is 14.5 Å². The van der Waals surface area contributed by atoms with E-state index in [1.165, 1.54) is 4.90 Å². The van der Waals surface area contributed by atoms with Crippen LogP contribution in [0.1, 0.15) is 40.1 Å². The average Bonchev–Trinajstić information content (AvgIpc) is 3.20. The van der Waals surface area contributed by atoms with Gasteiger partial charge in [-0.1, -0.05) is 42.5 Å². The number of ether oxygens (including phenoxy) is 4. The van der Waals surface area contributed by atoms with Gasteiger partial charge in [-0.25, -0.2) is 9.18 Å². The van der Waals surface area contributed by atoms with Crippen LogP contribution < -0.4 is 10.6 Å². The molecule has 40 heavy (non-hydrogen) atoms. The highest BCUT2D eigenvalue weighted by Crippen LogP contribution is 2.22. The molecule has 0 saturated carbocycles. The predicted molar refractivity (Wildman–Crippen MR) is 146 cm³/mol. The lowest BCUT2D eigenvalue weighted by atomic mass is 10.0. The maximum atomic E-state index is 14.6. The number of alkyl carbamates (subject to hydrolysis) is 1. The fraction of sp³-hybridized carbons (Fsp3) is 0.483. The van der Waals surface area contributed by atoms with Gasteiger partial charge < -0.3 is 29.6 Å². The summed E-state index contributed by atoms with van der Waals surface area (Å²) in [6.45, 7) is 6.11. The second-order valence-corrected chi connectivity index (χ2v) is 9.64. The lowest BCUT2D eigenvalue weighted by Gasteiger charge is -2.29. The second kappa shape index (κ2) is 16.0. The molecule has 0 aliphatic carbocycles. The largest absolute Gasteiger partial charge is 0.445 e. The van der Waals surface area contributed by atoms with E-state index in [4.69, 9.17) is 18.9 Å². The summed E-state index contributed by atoms with van der Waals surface area (Å²) in [5.74, 6) is -0.574. The summed E-state index contributed by atoms with van der Waals surface area (Å²) in [7, 11) is 0. The first-order chi connectivity index (χ1) is 19.3. The number of amides is 3. The number of nitrogens with one attached hydrogen (secondary N) is 2. The van der Waals surface area contributed by atoms with Gasteiger partial charge in [0.05, 0.1) is 62.9 Å². The first-order valence-corrected chi connectivity index (χ1v) is 13.3. The molecular formula is C29H38FN3O7. The fourth-order valence-corrected chi connectivity index (χ4v) is 3.86. The molecule has 0 fully saturated rings. The molecular weight excluding hydrogens is 521 g/mol. The molecule has 2 aromatic carbocycles. The quantitative estimate of drug-likeness (QED) is 0.212. The molecule has 2 N–H and O–H groups in total. The van der Waals surface area contributed by atoms with E-state index in [0.29, 0.717) is 44.0 Å². The number of nitrogens with zero attached hydrogens (tertiary/aromatic N) is 1. The Kier molecular flexibility index (Phi) is 12.5. The molecule has 0 aromatic heterocycles. The van der Waals surface area contributed by atoms with Crippen molar-refractivity contribution in [1.29, 1.82) is 0 Å². The molecule has 1 atom stereocenters. The number of carbonyl (C=O) groups is 3. The number of halogens is 1. The lowest BCUT2D eigenvalue weighted by Crippen LogP contribution is -2.44. The Hall–Kier alpha value is -3.38. The van der Waals surface area contributed by atoms with Gasteiger partial charge in [-0.05, 0) is 31.5 Å². The number of rotatable bonds is 18. The highest BCUT2D eigenvalue weighted by atomic mass is 19.1. The van der Waals surface area contributed by atoms with Gasteiger partial charge in [0.25, 0.3) is 11.8 Å². The Morgan fingerprint density at radius 1 is 0.875 bits per heavy atom. The zero-order chi connectivity index (χ0) is 28.8. The van der Waals surface area contributed by atoms with Crippen LogP contribution in [-0.4, -0.2) is 93.8 Å². The Balaban J connectivity index is 1.14. The van der Waals surface area contributed by atoms with Crippen LogP contribution in [0, 0.1) is 0 Å². The summed E-state index contributed by atoms with van der Waals surface area (Å²) >= 11 is 0. The van der Waals surface area contributed by atoms with E-state index < -0.39 is 17.9 Å². The van der Waals surface area contributed by atoms with E-state index in [9.17, 15) is 18.8 Å². The van der Waals surface area contributed by atoms with Crippen molar-refractivity contribution in [2.45, 2.75) is 32.2 Å². The molecule has 1 aliphatic heterocycles. The number of imide groups is 1. The molecule has 0 bridgehead atoms. The van der Waals surface area contributed by atoms with Gasteiger partial charge >= 0.3 is 6.09 Å². The van der Waals surface area contributed by atoms with Crippen molar-refractivity contribution in [3.63, 3.8) is 0 Å². The molecule has 1 aliphatic rings. The Bertz CT molecular complexity index is 1070. The van der Waals surface area contributed by atoms with Crippen molar-refractivity contribution in [2.75, 3.05) is 59.2 Å². The highest BCUT2D eigenvalue weighted by Gasteiger charge is 2.34. The topological polar surface area (TPSA) is 115 Å². The van der Waals surface area contributed by atoms with Gasteiger partial charge in [-0.2, -0.15) is 0 Å². The summed E-state index contributed by atoms with van der Waals surface area (Å²) in [6.07, 6.45) is -2.12. The monoisotopic (exact) mass is 559 g/mol. The van der Waals surface area contributed by atoms with Gasteiger partial charge in [0.15, 0.2) is 0 Å². The number of hydrogen-bond acceptors (Lipinski definition) is 8. The number of alkyl halides is 1. The predicted octanol–water partition coefficient (Wildman–Crippen LogP) is 2.97. The molecule has 10 nitrogen and oxygen atoms in total. The summed E-state index contributed by atoms with van der Waals surface area (Å²) < 4.78 is 36.3. The normalized spacial score (nSPS) is 13.8. The van der Waals surface area contributed by atoms with E-state index in [1.54, 1.807) is 38.1 Å². The van der Waals surface area contributed by atoms with Crippen molar-refractivity contribution in [2.24, 2.45) is 0 Å². The third-order valence-corrected chi connectivity index (χ3v) is 6.28. The molecule has 0 spiro atoms. The molecule has 11 heteroatoms. The zero-order valence-electron chi connectivity index (χ0n) is 23.0. The van der Waals surface area contributed by atoms with E-state index in [2.05, 4.69) is 10.6 Å². The molecule has 1 unspecified atom stereocenters. The SMILES string of the molecule is CC(C)(OCCOCCNCCOCCN1C(=O)c2ccccc2C1=O)C(F)CNC(=O)OCc1ccccc1. The molecule has 0 radical (unpaired) electrons. The second-order valence-electron chi connectivity index (χ2n) is 9.64. The number of fused-ring (bicyclic) bond motifs is 1. The van der Waals surface area contributed by atoms with Crippen LogP contribution in [0.3, 0.4) is 0 Å². The minimum Gasteiger partial charge on any atom is -0.445 e. The van der Waals surface area contributed by atoms with Crippen LogP contribution in [-0.2, 0) is 25.6 Å². The summed E-state index contributed by atoms with van der Waals surface area (Å²) in [5, 5.41) is 5.59. The van der Waals surface area contributed by atoms with Crippen molar-refractivity contribution in [3.8, 4) is 0 Å². The molecule has 1 heterocycles. The van der Waals surface area contributed by atoms with Crippen LogP contribution in [0.2, 0.25) is 0 Å². The van der Waals surface area contributed by atoms with E-state index in [-0.39, 0.29) is 44.7 Å². The minimum atomic E-state index is -1.43. The first kappa shape index (κ1) is 31.2. The standard InChI is InChI=1S/C29H38FN3O7/c1-29(2,25(30)20-32-28(36)39-21-22-8-4-3-5-9-22)40-19-18-38-16-13-31-12-15-37-17-14-33-26(34)23-10-6-7-11-24(23)27(33)35/h3-11,25,31H,12-21H2,1-2H3,(H,32,36). The lowest BCUT2D eigenvalue weighted by molar-refractivity contribution is -0.0863. The third kappa shape index (κ3) is 9.67. The van der Waals surface area contributed by atoms with Gasteiger partial charge in [0.2, 0.25) is 0 Å². The number of benzene rings is 2. The maximum Gasteiger partial charge on any atom is 0.407 e. The smallest absolute Gasteiger partial charge is 0.407 e. The first-order valence-electron chi connectivity index (χ1n) is 13.3. The molecule has 3 amide bonds. The number of carbonyl (C=O) groups excluding carboxylic acids is 3. The van der Waals surface area contributed by atoms with E-state index in [1.807, 2.05) is 30.3 Å². The van der Waals surface area contributed by atoms with Crippen LogP contribution in [0.15, 0.2) is 54.6 Å². The number of hydrogen-bond donors (Lipinski definition) is 2. The Morgan fingerprint density at radius 2 is 1.48 bits per heavy atom. The van der Waals surface area contributed by atoms with E-state index >= 15 is 0 Å². The maximum absolute atomic E-state index is 14.6. The molecule has 218 valence electrons. The summed E-state index contributed by atoms with van der Waals surface area (Å²) in [6, 6.07) is 16.0. The zero-order valence-corrected chi connectivity index (χ0v) is 23.0. The van der Waals surface area contributed by atoms with E-state index in [0.717, 1.165) is 5.56 Å². The van der Waals surface area contributed by atoms with Gasteiger partial charge in [0.1, 0.15) is 12.8 Å². The van der Waals surface area contributed by atoms with Crippen molar-refractivity contribution >= 4 is 17.9 Å². The van der Waals surface area contributed by atoms with Gasteiger partial charge in [-0.15, -0.1) is 0 Å². The molecule has 2 aromatic rings.